The SMILES string of the molecule is CC(C)N(CCCl)C(=O)c1cc(Br)cc(Br)c1. The van der Waals surface area contributed by atoms with Gasteiger partial charge in [0.25, 0.3) is 5.91 Å². The predicted octanol–water partition coefficient (Wildman–Crippen LogP) is 4.30. The number of benzene rings is 1. The molecule has 0 radical (unpaired) electrons. The third kappa shape index (κ3) is 4.27. The molecule has 0 heterocycles. The summed E-state index contributed by atoms with van der Waals surface area (Å²) in [5.41, 5.74) is 0.657. The van der Waals surface area contributed by atoms with Gasteiger partial charge in [-0.25, -0.2) is 0 Å². The van der Waals surface area contributed by atoms with E-state index in [1.165, 1.54) is 0 Å². The topological polar surface area (TPSA) is 20.3 Å². The Morgan fingerprint density at radius 3 is 2.24 bits per heavy atom. The van der Waals surface area contributed by atoms with Crippen LogP contribution in [0, 0.1) is 0 Å². The molecule has 1 aromatic carbocycles. The van der Waals surface area contributed by atoms with Crippen molar-refractivity contribution in [1.82, 2.24) is 4.90 Å². The monoisotopic (exact) mass is 381 g/mol. The van der Waals surface area contributed by atoms with E-state index < -0.39 is 0 Å². The van der Waals surface area contributed by atoms with Gasteiger partial charge in [-0.05, 0) is 32.0 Å². The number of carbonyl (C=O) groups is 1. The van der Waals surface area contributed by atoms with Crippen LogP contribution in [0.1, 0.15) is 24.2 Å². The van der Waals surface area contributed by atoms with E-state index in [0.29, 0.717) is 18.0 Å². The summed E-state index contributed by atoms with van der Waals surface area (Å²) in [6.07, 6.45) is 0. The summed E-state index contributed by atoms with van der Waals surface area (Å²) in [6, 6.07) is 5.67. The van der Waals surface area contributed by atoms with E-state index in [1.807, 2.05) is 32.0 Å². The molecule has 0 bridgehead atoms. The van der Waals surface area contributed by atoms with Gasteiger partial charge in [-0.2, -0.15) is 0 Å². The number of carbonyl (C=O) groups excluding carboxylic acids is 1. The minimum Gasteiger partial charge on any atom is -0.335 e. The molecule has 5 heteroatoms. The van der Waals surface area contributed by atoms with Crippen LogP contribution in [0.4, 0.5) is 0 Å². The Labute approximate surface area is 124 Å². The zero-order valence-corrected chi connectivity index (χ0v) is 13.6. The van der Waals surface area contributed by atoms with E-state index in [-0.39, 0.29) is 11.9 Å². The van der Waals surface area contributed by atoms with Crippen molar-refractivity contribution < 1.29 is 4.79 Å². The molecule has 0 atom stereocenters. The summed E-state index contributed by atoms with van der Waals surface area (Å²) in [5, 5.41) is 0. The first-order valence-corrected chi connectivity index (χ1v) is 7.40. The normalized spacial score (nSPS) is 10.7. The van der Waals surface area contributed by atoms with Crippen molar-refractivity contribution in [2.45, 2.75) is 19.9 Å². The molecule has 17 heavy (non-hydrogen) atoms. The quantitative estimate of drug-likeness (QED) is 0.710. The van der Waals surface area contributed by atoms with E-state index in [1.54, 1.807) is 4.90 Å². The Bertz CT molecular complexity index is 389. The van der Waals surface area contributed by atoms with E-state index in [4.69, 9.17) is 11.6 Å². The predicted molar refractivity (Wildman–Crippen MR) is 78.7 cm³/mol. The highest BCUT2D eigenvalue weighted by molar-refractivity contribution is 9.11. The second kappa shape index (κ2) is 6.76. The molecule has 0 spiro atoms. The first kappa shape index (κ1) is 15.0. The molecule has 1 amide bonds. The first-order valence-electron chi connectivity index (χ1n) is 5.28. The summed E-state index contributed by atoms with van der Waals surface area (Å²) in [7, 11) is 0. The maximum Gasteiger partial charge on any atom is 0.254 e. The van der Waals surface area contributed by atoms with Gasteiger partial charge in [0.2, 0.25) is 0 Å². The fraction of sp³-hybridized carbons (Fsp3) is 0.417. The molecule has 2 nitrogen and oxygen atoms in total. The molecule has 94 valence electrons. The molecule has 1 aromatic rings. The number of hydrogen-bond acceptors (Lipinski definition) is 1. The Kier molecular flexibility index (Phi) is 5.97. The maximum absolute atomic E-state index is 12.3. The van der Waals surface area contributed by atoms with Gasteiger partial charge < -0.3 is 4.90 Å². The van der Waals surface area contributed by atoms with Crippen LogP contribution in [0.15, 0.2) is 27.1 Å². The van der Waals surface area contributed by atoms with E-state index in [2.05, 4.69) is 31.9 Å². The highest BCUT2D eigenvalue weighted by Crippen LogP contribution is 2.21. The lowest BCUT2D eigenvalue weighted by atomic mass is 10.2. The Morgan fingerprint density at radius 1 is 1.29 bits per heavy atom. The van der Waals surface area contributed by atoms with Gasteiger partial charge in [-0.3, -0.25) is 4.79 Å². The van der Waals surface area contributed by atoms with E-state index in [9.17, 15) is 4.79 Å². The van der Waals surface area contributed by atoms with Crippen LogP contribution in [-0.4, -0.2) is 29.3 Å². The van der Waals surface area contributed by atoms with Gasteiger partial charge in [0.15, 0.2) is 0 Å². The lowest BCUT2D eigenvalue weighted by molar-refractivity contribution is 0.0718. The largest absolute Gasteiger partial charge is 0.335 e. The van der Waals surface area contributed by atoms with Gasteiger partial charge in [-0.15, -0.1) is 11.6 Å². The number of hydrogen-bond donors (Lipinski definition) is 0. The average molecular weight is 384 g/mol. The number of halogens is 3. The summed E-state index contributed by atoms with van der Waals surface area (Å²) in [5.74, 6) is 0.446. The lowest BCUT2D eigenvalue weighted by Crippen LogP contribution is -2.38. The van der Waals surface area contributed by atoms with Crippen LogP contribution in [0.5, 0.6) is 0 Å². The molecular weight excluding hydrogens is 369 g/mol. The van der Waals surface area contributed by atoms with E-state index >= 15 is 0 Å². The number of rotatable bonds is 4. The number of alkyl halides is 1. The zero-order chi connectivity index (χ0) is 13.0. The molecular formula is C12H14Br2ClNO. The Balaban J connectivity index is 3.00. The molecule has 0 aromatic heterocycles. The fourth-order valence-corrected chi connectivity index (χ4v) is 3.00. The van der Waals surface area contributed by atoms with Crippen LogP contribution < -0.4 is 0 Å². The number of amides is 1. The van der Waals surface area contributed by atoms with Crippen molar-refractivity contribution in [2.75, 3.05) is 12.4 Å². The van der Waals surface area contributed by atoms with Crippen molar-refractivity contribution >= 4 is 49.4 Å². The van der Waals surface area contributed by atoms with Gasteiger partial charge >= 0.3 is 0 Å². The highest BCUT2D eigenvalue weighted by atomic mass is 79.9. The Hall–Kier alpha value is -0.0600. The molecule has 0 aliphatic heterocycles. The maximum atomic E-state index is 12.3. The fourth-order valence-electron chi connectivity index (χ4n) is 1.53. The second-order valence-electron chi connectivity index (χ2n) is 3.94. The van der Waals surface area contributed by atoms with Crippen LogP contribution in [0.25, 0.3) is 0 Å². The van der Waals surface area contributed by atoms with Crippen LogP contribution >= 0.6 is 43.5 Å². The molecule has 1 rings (SSSR count). The molecule has 0 aliphatic rings. The van der Waals surface area contributed by atoms with Crippen molar-refractivity contribution in [3.8, 4) is 0 Å². The molecule has 0 N–H and O–H groups in total. The van der Waals surface area contributed by atoms with Gasteiger partial charge in [-0.1, -0.05) is 31.9 Å². The molecule has 0 saturated carbocycles. The molecule has 0 aliphatic carbocycles. The van der Waals surface area contributed by atoms with Crippen molar-refractivity contribution in [3.63, 3.8) is 0 Å². The third-order valence-electron chi connectivity index (χ3n) is 2.32. The minimum absolute atomic E-state index is 0.00245. The Morgan fingerprint density at radius 2 is 1.82 bits per heavy atom. The average Bonchev–Trinajstić information content (AvgIpc) is 2.23. The highest BCUT2D eigenvalue weighted by Gasteiger charge is 2.18. The van der Waals surface area contributed by atoms with Crippen molar-refractivity contribution in [2.24, 2.45) is 0 Å². The van der Waals surface area contributed by atoms with Crippen molar-refractivity contribution in [1.29, 1.82) is 0 Å². The first-order chi connectivity index (χ1) is 7.95. The van der Waals surface area contributed by atoms with Gasteiger partial charge in [0.1, 0.15) is 0 Å². The van der Waals surface area contributed by atoms with Gasteiger partial charge in [0.05, 0.1) is 0 Å². The molecule has 0 fully saturated rings. The summed E-state index contributed by atoms with van der Waals surface area (Å²) in [4.78, 5) is 14.1. The zero-order valence-electron chi connectivity index (χ0n) is 9.71. The summed E-state index contributed by atoms with van der Waals surface area (Å²) in [6.45, 7) is 4.52. The van der Waals surface area contributed by atoms with Gasteiger partial charge in [0, 0.05) is 33.0 Å². The van der Waals surface area contributed by atoms with Crippen LogP contribution in [0.2, 0.25) is 0 Å². The minimum atomic E-state index is 0.00245. The lowest BCUT2D eigenvalue weighted by Gasteiger charge is -2.26. The molecule has 0 unspecified atom stereocenters. The number of nitrogens with zero attached hydrogens (tertiary/aromatic N) is 1. The third-order valence-corrected chi connectivity index (χ3v) is 3.40. The molecule has 0 saturated heterocycles. The van der Waals surface area contributed by atoms with E-state index in [0.717, 1.165) is 8.95 Å². The van der Waals surface area contributed by atoms with Crippen LogP contribution in [0.3, 0.4) is 0 Å². The van der Waals surface area contributed by atoms with Crippen molar-refractivity contribution in [3.05, 3.63) is 32.7 Å². The summed E-state index contributed by atoms with van der Waals surface area (Å²) < 4.78 is 1.76. The second-order valence-corrected chi connectivity index (χ2v) is 6.15. The van der Waals surface area contributed by atoms with Crippen LogP contribution in [-0.2, 0) is 0 Å². The standard InChI is InChI=1S/C12H14Br2ClNO/c1-8(2)16(4-3-15)12(17)9-5-10(13)7-11(14)6-9/h5-8H,3-4H2,1-2H3. The smallest absolute Gasteiger partial charge is 0.254 e. The summed E-state index contributed by atoms with van der Waals surface area (Å²) >= 11 is 12.5.